The van der Waals surface area contributed by atoms with Crippen molar-refractivity contribution >= 4 is 18.2 Å². The first-order valence-electron chi connectivity index (χ1n) is 9.21. The zero-order valence-corrected chi connectivity index (χ0v) is 15.8. The zero-order chi connectivity index (χ0) is 18.6. The lowest BCUT2D eigenvalue weighted by molar-refractivity contribution is 0.0377. The van der Waals surface area contributed by atoms with E-state index in [0.29, 0.717) is 0 Å². The van der Waals surface area contributed by atoms with Gasteiger partial charge in [-0.1, -0.05) is 66.7 Å². The first-order valence-corrected chi connectivity index (χ1v) is 9.21. The van der Waals surface area contributed by atoms with Crippen LogP contribution in [0.3, 0.4) is 0 Å². The van der Waals surface area contributed by atoms with E-state index in [1.807, 2.05) is 39.0 Å². The molecule has 0 unspecified atom stereocenters. The Kier molecular flexibility index (Phi) is 5.17. The van der Waals surface area contributed by atoms with E-state index in [4.69, 9.17) is 4.74 Å². The molecular formula is C23H27NO2. The Morgan fingerprint density at radius 3 is 2.04 bits per heavy atom. The molecule has 2 aromatic carbocycles. The smallest absolute Gasteiger partial charge is 0.408 e. The molecule has 0 aliphatic heterocycles. The highest BCUT2D eigenvalue weighted by Gasteiger charge is 2.41. The average Bonchev–Trinajstić information content (AvgIpc) is 2.56. The summed E-state index contributed by atoms with van der Waals surface area (Å²) < 4.78 is 5.44. The molecule has 26 heavy (non-hydrogen) atoms. The van der Waals surface area contributed by atoms with Crippen molar-refractivity contribution in [3.8, 4) is 0 Å². The Morgan fingerprint density at radius 1 is 0.962 bits per heavy atom. The van der Waals surface area contributed by atoms with Gasteiger partial charge in [0.15, 0.2) is 0 Å². The van der Waals surface area contributed by atoms with Crippen molar-refractivity contribution in [1.29, 1.82) is 0 Å². The van der Waals surface area contributed by atoms with Gasteiger partial charge in [0.2, 0.25) is 0 Å². The molecule has 3 nitrogen and oxygen atoms in total. The molecule has 1 amide bonds. The number of benzene rings is 2. The molecule has 3 rings (SSSR count). The van der Waals surface area contributed by atoms with E-state index < -0.39 is 5.60 Å². The Balaban J connectivity index is 1.70. The second-order valence-corrected chi connectivity index (χ2v) is 7.93. The molecular weight excluding hydrogens is 322 g/mol. The maximum absolute atomic E-state index is 12.2. The van der Waals surface area contributed by atoms with Crippen molar-refractivity contribution in [1.82, 2.24) is 5.32 Å². The number of hydrogen-bond acceptors (Lipinski definition) is 2. The summed E-state index contributed by atoms with van der Waals surface area (Å²) in [6.45, 7) is 5.65. The molecule has 1 aliphatic rings. The van der Waals surface area contributed by atoms with Crippen LogP contribution in [0.15, 0.2) is 54.6 Å². The molecule has 0 atom stereocenters. The summed E-state index contributed by atoms with van der Waals surface area (Å²) in [4.78, 5) is 12.2. The van der Waals surface area contributed by atoms with Gasteiger partial charge < -0.3 is 10.1 Å². The van der Waals surface area contributed by atoms with Crippen LogP contribution < -0.4 is 5.32 Å². The number of carbonyl (C=O) groups is 1. The van der Waals surface area contributed by atoms with Crippen molar-refractivity contribution in [3.63, 3.8) is 0 Å². The molecule has 0 spiro atoms. The summed E-state index contributed by atoms with van der Waals surface area (Å²) in [5.41, 5.74) is 2.69. The third-order valence-electron chi connectivity index (χ3n) is 4.68. The number of amides is 1. The van der Waals surface area contributed by atoms with Gasteiger partial charge in [0.05, 0.1) is 5.54 Å². The molecule has 1 fully saturated rings. The van der Waals surface area contributed by atoms with Crippen molar-refractivity contribution in [3.05, 3.63) is 71.3 Å². The number of hydrogen-bond donors (Lipinski definition) is 1. The Labute approximate surface area is 156 Å². The molecule has 0 aromatic heterocycles. The molecule has 1 saturated carbocycles. The molecule has 1 aliphatic carbocycles. The fourth-order valence-corrected chi connectivity index (χ4v) is 3.19. The minimum atomic E-state index is -0.485. The van der Waals surface area contributed by atoms with Gasteiger partial charge in [-0.3, -0.25) is 0 Å². The highest BCUT2D eigenvalue weighted by molar-refractivity contribution is 5.71. The maximum Gasteiger partial charge on any atom is 0.408 e. The lowest BCUT2D eigenvalue weighted by Crippen LogP contribution is -2.52. The van der Waals surface area contributed by atoms with Gasteiger partial charge in [-0.05, 0) is 56.7 Å². The Hall–Kier alpha value is -2.55. The molecule has 2 aromatic rings. The number of ether oxygens (including phenoxy) is 1. The Morgan fingerprint density at radius 2 is 1.54 bits per heavy atom. The number of alkyl carbamates (subject to hydrolysis) is 1. The van der Waals surface area contributed by atoms with Crippen molar-refractivity contribution in [2.75, 3.05) is 0 Å². The monoisotopic (exact) mass is 349 g/mol. The number of carbonyl (C=O) groups excluding carboxylic acids is 1. The minimum Gasteiger partial charge on any atom is -0.444 e. The summed E-state index contributed by atoms with van der Waals surface area (Å²) >= 11 is 0. The summed E-state index contributed by atoms with van der Waals surface area (Å²) in [7, 11) is 0. The van der Waals surface area contributed by atoms with Crippen LogP contribution in [0.5, 0.6) is 0 Å². The van der Waals surface area contributed by atoms with Gasteiger partial charge in [0.1, 0.15) is 5.60 Å². The van der Waals surface area contributed by atoms with E-state index in [2.05, 4.69) is 53.9 Å². The highest BCUT2D eigenvalue weighted by atomic mass is 16.6. The van der Waals surface area contributed by atoms with E-state index >= 15 is 0 Å². The first-order chi connectivity index (χ1) is 12.4. The predicted molar refractivity (Wildman–Crippen MR) is 107 cm³/mol. The molecule has 1 N–H and O–H groups in total. The summed E-state index contributed by atoms with van der Waals surface area (Å²) in [5.74, 6) is 0. The van der Waals surface area contributed by atoms with Crippen LogP contribution in [0.2, 0.25) is 0 Å². The van der Waals surface area contributed by atoms with Crippen molar-refractivity contribution in [2.45, 2.75) is 51.2 Å². The largest absolute Gasteiger partial charge is 0.444 e. The predicted octanol–water partition coefficient (Wildman–Crippen LogP) is 5.76. The zero-order valence-electron chi connectivity index (χ0n) is 15.8. The fourth-order valence-electron chi connectivity index (χ4n) is 3.19. The maximum atomic E-state index is 12.2. The van der Waals surface area contributed by atoms with Crippen LogP contribution >= 0.6 is 0 Å². The van der Waals surface area contributed by atoms with E-state index in [1.54, 1.807) is 0 Å². The third kappa shape index (κ3) is 4.54. The normalized spacial score (nSPS) is 16.1. The molecule has 0 bridgehead atoms. The topological polar surface area (TPSA) is 38.3 Å². The minimum absolute atomic E-state index is 0.288. The van der Waals surface area contributed by atoms with Gasteiger partial charge in [-0.15, -0.1) is 0 Å². The summed E-state index contributed by atoms with van der Waals surface area (Å²) in [6, 6.07) is 18.7. The third-order valence-corrected chi connectivity index (χ3v) is 4.68. The van der Waals surface area contributed by atoms with Crippen LogP contribution in [0.1, 0.15) is 56.7 Å². The summed E-state index contributed by atoms with van der Waals surface area (Å²) in [6.07, 6.45) is 6.88. The lowest BCUT2D eigenvalue weighted by Gasteiger charge is -2.43. The van der Waals surface area contributed by atoms with Gasteiger partial charge >= 0.3 is 6.09 Å². The van der Waals surface area contributed by atoms with E-state index in [1.165, 1.54) is 5.56 Å². The van der Waals surface area contributed by atoms with E-state index in [-0.39, 0.29) is 11.6 Å². The second-order valence-electron chi connectivity index (χ2n) is 7.93. The molecule has 3 heteroatoms. The average molecular weight is 349 g/mol. The standard InChI is InChI=1S/C23H27NO2/c1-22(2,3)26-21(25)24-23(16-7-17-23)20-14-12-19(13-15-20)11-10-18-8-5-4-6-9-18/h4-6,8-15H,7,16-17H2,1-3H3,(H,24,25). The SMILES string of the molecule is CC(C)(C)OC(=O)NC1(c2ccc(C=Cc3ccccc3)cc2)CCC1. The molecule has 0 saturated heterocycles. The first kappa shape index (κ1) is 18.2. The highest BCUT2D eigenvalue weighted by Crippen LogP contribution is 2.41. The van der Waals surface area contributed by atoms with Crippen LogP contribution in [-0.2, 0) is 10.3 Å². The lowest BCUT2D eigenvalue weighted by atomic mass is 9.72. The number of rotatable bonds is 4. The number of nitrogens with one attached hydrogen (secondary N) is 1. The quantitative estimate of drug-likeness (QED) is 0.713. The van der Waals surface area contributed by atoms with Crippen LogP contribution in [0.4, 0.5) is 4.79 Å². The molecule has 0 radical (unpaired) electrons. The van der Waals surface area contributed by atoms with Crippen LogP contribution in [0, 0.1) is 0 Å². The van der Waals surface area contributed by atoms with Crippen LogP contribution in [0.25, 0.3) is 12.2 Å². The van der Waals surface area contributed by atoms with Crippen molar-refractivity contribution in [2.24, 2.45) is 0 Å². The Bertz CT molecular complexity index is 766. The van der Waals surface area contributed by atoms with Gasteiger partial charge in [0, 0.05) is 0 Å². The van der Waals surface area contributed by atoms with Gasteiger partial charge in [-0.25, -0.2) is 4.79 Å². The van der Waals surface area contributed by atoms with Gasteiger partial charge in [0.25, 0.3) is 0 Å². The summed E-state index contributed by atoms with van der Waals surface area (Å²) in [5, 5.41) is 3.10. The van der Waals surface area contributed by atoms with Crippen LogP contribution in [-0.4, -0.2) is 11.7 Å². The molecule has 136 valence electrons. The van der Waals surface area contributed by atoms with E-state index in [0.717, 1.165) is 30.4 Å². The molecule has 0 heterocycles. The van der Waals surface area contributed by atoms with Crippen molar-refractivity contribution < 1.29 is 9.53 Å². The second kappa shape index (κ2) is 7.36. The fraction of sp³-hybridized carbons (Fsp3) is 0.348. The van der Waals surface area contributed by atoms with Gasteiger partial charge in [-0.2, -0.15) is 0 Å². The van der Waals surface area contributed by atoms with E-state index in [9.17, 15) is 4.79 Å².